The predicted octanol–water partition coefficient (Wildman–Crippen LogP) is 3.92. The Morgan fingerprint density at radius 3 is 2.28 bits per heavy atom. The fourth-order valence-corrected chi connectivity index (χ4v) is 2.37. The Bertz CT molecular complexity index is 424. The van der Waals surface area contributed by atoms with Crippen LogP contribution in [0.2, 0.25) is 0 Å². The standard InChI is InChI=1S/C15H25N3/c1-4-5-6-7-8-9-10-18-13(3)12(2)14(11-16)15(18)17/h4-10,17H2,1-3H3. The van der Waals surface area contributed by atoms with Gasteiger partial charge in [-0.15, -0.1) is 0 Å². The van der Waals surface area contributed by atoms with Crippen LogP contribution in [0.25, 0.3) is 0 Å². The molecule has 0 aliphatic heterocycles. The molecule has 100 valence electrons. The number of nitriles is 1. The van der Waals surface area contributed by atoms with E-state index in [1.807, 2.05) is 13.8 Å². The Balaban J connectivity index is 2.51. The van der Waals surface area contributed by atoms with Gasteiger partial charge in [0.2, 0.25) is 0 Å². The molecule has 0 saturated heterocycles. The van der Waals surface area contributed by atoms with Crippen LogP contribution < -0.4 is 5.73 Å². The van der Waals surface area contributed by atoms with Crippen LogP contribution in [0.15, 0.2) is 0 Å². The van der Waals surface area contributed by atoms with Crippen LogP contribution in [0.3, 0.4) is 0 Å². The molecule has 3 nitrogen and oxygen atoms in total. The van der Waals surface area contributed by atoms with Gasteiger partial charge in [0.05, 0.1) is 5.56 Å². The fraction of sp³-hybridized carbons (Fsp3) is 0.667. The number of rotatable bonds is 7. The van der Waals surface area contributed by atoms with Crippen molar-refractivity contribution < 1.29 is 0 Å². The number of unbranched alkanes of at least 4 members (excludes halogenated alkanes) is 5. The molecule has 0 aliphatic carbocycles. The summed E-state index contributed by atoms with van der Waals surface area (Å²) in [6, 6.07) is 2.20. The maximum atomic E-state index is 9.06. The summed E-state index contributed by atoms with van der Waals surface area (Å²) < 4.78 is 2.09. The van der Waals surface area contributed by atoms with E-state index in [0.717, 1.165) is 24.2 Å². The van der Waals surface area contributed by atoms with Gasteiger partial charge in [-0.3, -0.25) is 0 Å². The average molecular weight is 247 g/mol. The lowest BCUT2D eigenvalue weighted by Crippen LogP contribution is -2.05. The molecule has 3 heteroatoms. The van der Waals surface area contributed by atoms with Gasteiger partial charge in [-0.2, -0.15) is 5.26 Å². The second-order valence-electron chi connectivity index (χ2n) is 5.00. The van der Waals surface area contributed by atoms with Gasteiger partial charge in [0.25, 0.3) is 0 Å². The summed E-state index contributed by atoms with van der Waals surface area (Å²) in [5.74, 6) is 0.640. The molecule has 1 aromatic heterocycles. The Labute approximate surface area is 111 Å². The van der Waals surface area contributed by atoms with E-state index in [0.29, 0.717) is 11.4 Å². The van der Waals surface area contributed by atoms with Crippen LogP contribution >= 0.6 is 0 Å². The van der Waals surface area contributed by atoms with Crippen LogP contribution in [0, 0.1) is 25.2 Å². The number of nitrogen functional groups attached to an aromatic ring is 1. The van der Waals surface area contributed by atoms with Crippen molar-refractivity contribution in [3.63, 3.8) is 0 Å². The molecule has 1 heterocycles. The molecule has 0 bridgehead atoms. The lowest BCUT2D eigenvalue weighted by molar-refractivity contribution is 0.556. The van der Waals surface area contributed by atoms with Crippen LogP contribution in [0.4, 0.5) is 5.82 Å². The van der Waals surface area contributed by atoms with Gasteiger partial charge >= 0.3 is 0 Å². The van der Waals surface area contributed by atoms with Crippen molar-refractivity contribution in [1.29, 1.82) is 5.26 Å². The minimum atomic E-state index is 0.640. The Morgan fingerprint density at radius 2 is 1.72 bits per heavy atom. The normalized spacial score (nSPS) is 10.6. The van der Waals surface area contributed by atoms with Gasteiger partial charge in [-0.05, 0) is 25.8 Å². The van der Waals surface area contributed by atoms with Gasteiger partial charge < -0.3 is 10.3 Å². The topological polar surface area (TPSA) is 54.7 Å². The van der Waals surface area contributed by atoms with Crippen molar-refractivity contribution in [3.05, 3.63) is 16.8 Å². The van der Waals surface area contributed by atoms with Gasteiger partial charge in [-0.25, -0.2) is 0 Å². The molecular formula is C15H25N3. The number of anilines is 1. The van der Waals surface area contributed by atoms with Gasteiger partial charge in [0, 0.05) is 12.2 Å². The Hall–Kier alpha value is -1.43. The van der Waals surface area contributed by atoms with Crippen molar-refractivity contribution in [2.75, 3.05) is 5.73 Å². The van der Waals surface area contributed by atoms with Crippen LogP contribution in [0.1, 0.15) is 62.3 Å². The number of nitrogens with two attached hydrogens (primary N) is 1. The van der Waals surface area contributed by atoms with E-state index >= 15 is 0 Å². The summed E-state index contributed by atoms with van der Waals surface area (Å²) in [7, 11) is 0. The number of hydrogen-bond acceptors (Lipinski definition) is 2. The smallest absolute Gasteiger partial charge is 0.122 e. The minimum absolute atomic E-state index is 0.640. The van der Waals surface area contributed by atoms with Gasteiger partial charge in [0.1, 0.15) is 11.9 Å². The molecule has 0 unspecified atom stereocenters. The highest BCUT2D eigenvalue weighted by atomic mass is 15.1. The van der Waals surface area contributed by atoms with Crippen molar-refractivity contribution in [3.8, 4) is 6.07 Å². The molecule has 1 rings (SSSR count). The third-order valence-corrected chi connectivity index (χ3v) is 3.72. The molecule has 0 saturated carbocycles. The summed E-state index contributed by atoms with van der Waals surface area (Å²) in [6.07, 6.45) is 7.65. The van der Waals surface area contributed by atoms with E-state index in [9.17, 15) is 0 Å². The minimum Gasteiger partial charge on any atom is -0.384 e. The molecule has 0 aromatic carbocycles. The lowest BCUT2D eigenvalue weighted by Gasteiger charge is -2.08. The maximum Gasteiger partial charge on any atom is 0.122 e. The molecule has 0 spiro atoms. The third kappa shape index (κ3) is 3.29. The molecule has 0 aliphatic rings. The van der Waals surface area contributed by atoms with Crippen molar-refractivity contribution in [1.82, 2.24) is 4.57 Å². The monoisotopic (exact) mass is 247 g/mol. The van der Waals surface area contributed by atoms with E-state index in [2.05, 4.69) is 17.6 Å². The summed E-state index contributed by atoms with van der Waals surface area (Å²) in [5, 5.41) is 9.06. The SMILES string of the molecule is CCCCCCCCn1c(C)c(C)c(C#N)c1N. The summed E-state index contributed by atoms with van der Waals surface area (Å²) in [5.41, 5.74) is 8.84. The predicted molar refractivity (Wildman–Crippen MR) is 76.4 cm³/mol. The first-order valence-corrected chi connectivity index (χ1v) is 6.98. The fourth-order valence-electron chi connectivity index (χ4n) is 2.37. The Kier molecular flexibility index (Phi) is 5.77. The molecule has 0 radical (unpaired) electrons. The highest BCUT2D eigenvalue weighted by Crippen LogP contribution is 2.24. The largest absolute Gasteiger partial charge is 0.384 e. The summed E-state index contributed by atoms with van der Waals surface area (Å²) in [6.45, 7) is 7.19. The van der Waals surface area contributed by atoms with Crippen molar-refractivity contribution in [2.24, 2.45) is 0 Å². The molecular weight excluding hydrogens is 222 g/mol. The van der Waals surface area contributed by atoms with Crippen LogP contribution in [-0.2, 0) is 6.54 Å². The maximum absolute atomic E-state index is 9.06. The molecule has 0 atom stereocenters. The number of hydrogen-bond donors (Lipinski definition) is 1. The number of aromatic nitrogens is 1. The molecule has 2 N–H and O–H groups in total. The Morgan fingerprint density at radius 1 is 1.11 bits per heavy atom. The van der Waals surface area contributed by atoms with Crippen molar-refractivity contribution in [2.45, 2.75) is 65.8 Å². The zero-order valence-corrected chi connectivity index (χ0v) is 11.9. The highest BCUT2D eigenvalue weighted by Gasteiger charge is 2.14. The van der Waals surface area contributed by atoms with E-state index < -0.39 is 0 Å². The van der Waals surface area contributed by atoms with Crippen LogP contribution in [-0.4, -0.2) is 4.57 Å². The summed E-state index contributed by atoms with van der Waals surface area (Å²) >= 11 is 0. The summed E-state index contributed by atoms with van der Waals surface area (Å²) in [4.78, 5) is 0. The second-order valence-corrected chi connectivity index (χ2v) is 5.00. The van der Waals surface area contributed by atoms with E-state index in [-0.39, 0.29) is 0 Å². The molecule has 0 amide bonds. The third-order valence-electron chi connectivity index (χ3n) is 3.72. The van der Waals surface area contributed by atoms with E-state index in [1.165, 1.54) is 32.1 Å². The lowest BCUT2D eigenvalue weighted by atomic mass is 10.1. The molecule has 18 heavy (non-hydrogen) atoms. The molecule has 1 aromatic rings. The zero-order chi connectivity index (χ0) is 13.5. The quantitative estimate of drug-likeness (QED) is 0.742. The zero-order valence-electron chi connectivity index (χ0n) is 11.9. The van der Waals surface area contributed by atoms with Gasteiger partial charge in [-0.1, -0.05) is 39.0 Å². The van der Waals surface area contributed by atoms with Crippen molar-refractivity contribution >= 4 is 5.82 Å². The first kappa shape index (κ1) is 14.6. The van der Waals surface area contributed by atoms with Crippen LogP contribution in [0.5, 0.6) is 0 Å². The second kappa shape index (κ2) is 7.10. The highest BCUT2D eigenvalue weighted by molar-refractivity contribution is 5.57. The van der Waals surface area contributed by atoms with E-state index in [4.69, 9.17) is 11.0 Å². The van der Waals surface area contributed by atoms with Gasteiger partial charge in [0.15, 0.2) is 0 Å². The average Bonchev–Trinajstić information content (AvgIpc) is 2.56. The van der Waals surface area contributed by atoms with E-state index in [1.54, 1.807) is 0 Å². The molecule has 0 fully saturated rings. The first-order valence-electron chi connectivity index (χ1n) is 6.98. The first-order chi connectivity index (χ1) is 8.63. The number of nitrogens with zero attached hydrogens (tertiary/aromatic N) is 2.